The maximum absolute atomic E-state index is 13.9. The quantitative estimate of drug-likeness (QED) is 0.101. The predicted octanol–water partition coefficient (Wildman–Crippen LogP) is 8.03. The minimum atomic E-state index is -4.38. The molecule has 4 fully saturated rings. The molecule has 0 spiro atoms. The summed E-state index contributed by atoms with van der Waals surface area (Å²) in [6.07, 6.45) is 8.94. The third-order valence-corrected chi connectivity index (χ3v) is 18.9. The normalized spacial score (nSPS) is 27.5. The van der Waals surface area contributed by atoms with Crippen LogP contribution in [0.1, 0.15) is 124 Å². The van der Waals surface area contributed by atoms with Crippen molar-refractivity contribution in [1.82, 2.24) is 0 Å². The summed E-state index contributed by atoms with van der Waals surface area (Å²) in [7, 11) is -12.4. The Morgan fingerprint density at radius 2 is 1.20 bits per heavy atom. The first kappa shape index (κ1) is 42.0. The standard InChI is InChI=1S/C42H58O10S3/c1-30(51-53(45,46)28-41-24-22-32(26-36(41)43)39(41,2)3)16-11-8-6-7-9-12-17-31-18-15-21-35(55(49,50)34-19-13-10-14-20-34)38(31)52-54(47,48)29-42-25-23-33(27-37(42)44)40(42,4)5/h10,13-15,18-21,30,32-33H,6-9,11-12,16-17,22-29H2,1-5H3/t30-,32+,33+,41+,42+/m0/s1. The van der Waals surface area contributed by atoms with E-state index in [2.05, 4.69) is 0 Å². The van der Waals surface area contributed by atoms with Crippen molar-refractivity contribution < 1.29 is 43.2 Å². The van der Waals surface area contributed by atoms with Gasteiger partial charge in [-0.3, -0.25) is 13.8 Å². The van der Waals surface area contributed by atoms with E-state index in [-0.39, 0.29) is 50.1 Å². The number of fused-ring (bicyclic) bond motifs is 4. The van der Waals surface area contributed by atoms with Gasteiger partial charge >= 0.3 is 10.1 Å². The van der Waals surface area contributed by atoms with Crippen molar-refractivity contribution in [3.8, 4) is 5.75 Å². The van der Waals surface area contributed by atoms with Crippen LogP contribution in [0.25, 0.3) is 0 Å². The number of para-hydroxylation sites is 1. The van der Waals surface area contributed by atoms with Gasteiger partial charge in [-0.1, -0.05) is 90.1 Å². The van der Waals surface area contributed by atoms with Gasteiger partial charge in [0.15, 0.2) is 5.75 Å². The van der Waals surface area contributed by atoms with Gasteiger partial charge in [0.25, 0.3) is 10.1 Å². The molecular formula is C42H58O10S3. The second-order valence-corrected chi connectivity index (χ2v) is 23.0. The second-order valence-electron chi connectivity index (χ2n) is 17.9. The molecule has 5 atom stereocenters. The number of carbonyl (C=O) groups is 2. The van der Waals surface area contributed by atoms with Crippen LogP contribution in [-0.4, -0.2) is 54.4 Å². The molecule has 4 bridgehead atoms. The van der Waals surface area contributed by atoms with Crippen molar-refractivity contribution in [2.24, 2.45) is 33.5 Å². The summed E-state index contributed by atoms with van der Waals surface area (Å²) < 4.78 is 93.0. The van der Waals surface area contributed by atoms with Gasteiger partial charge in [0.1, 0.15) is 16.5 Å². The Hall–Kier alpha value is -2.61. The molecule has 55 heavy (non-hydrogen) atoms. The smallest absolute Gasteiger partial charge is 0.310 e. The van der Waals surface area contributed by atoms with Crippen molar-refractivity contribution in [3.05, 3.63) is 54.1 Å². The Labute approximate surface area is 328 Å². The third kappa shape index (κ3) is 7.85. The average molecular weight is 819 g/mol. The molecule has 0 radical (unpaired) electrons. The van der Waals surface area contributed by atoms with Gasteiger partial charge in [-0.2, -0.15) is 16.8 Å². The highest BCUT2D eigenvalue weighted by Gasteiger charge is 2.66. The van der Waals surface area contributed by atoms with Crippen LogP contribution in [0.3, 0.4) is 0 Å². The van der Waals surface area contributed by atoms with Gasteiger partial charge < -0.3 is 4.18 Å². The van der Waals surface area contributed by atoms with Crippen LogP contribution >= 0.6 is 0 Å². The molecule has 4 aliphatic carbocycles. The van der Waals surface area contributed by atoms with E-state index in [1.807, 2.05) is 27.7 Å². The van der Waals surface area contributed by atoms with Crippen LogP contribution in [-0.2, 0) is 50.3 Å². The first-order chi connectivity index (χ1) is 25.7. The fraction of sp³-hybridized carbons (Fsp3) is 0.667. The van der Waals surface area contributed by atoms with Gasteiger partial charge in [0.05, 0.1) is 33.3 Å². The minimum absolute atomic E-state index is 0.0237. The highest BCUT2D eigenvalue weighted by Crippen LogP contribution is 2.65. The number of aryl methyl sites for hydroxylation is 1. The van der Waals surface area contributed by atoms with Crippen molar-refractivity contribution in [2.75, 3.05) is 11.5 Å². The van der Waals surface area contributed by atoms with Crippen LogP contribution in [0.5, 0.6) is 5.75 Å². The Morgan fingerprint density at radius 3 is 1.73 bits per heavy atom. The number of hydrogen-bond donors (Lipinski definition) is 0. The number of sulfone groups is 1. The summed E-state index contributed by atoms with van der Waals surface area (Å²) in [5.74, 6) is -0.585. The molecule has 0 amide bonds. The molecule has 13 heteroatoms. The second kappa shape index (κ2) is 15.3. The molecule has 6 rings (SSSR count). The molecule has 4 aliphatic rings. The Bertz CT molecular complexity index is 2110. The maximum Gasteiger partial charge on any atom is 0.310 e. The molecule has 0 unspecified atom stereocenters. The van der Waals surface area contributed by atoms with Crippen molar-refractivity contribution in [1.29, 1.82) is 0 Å². The highest BCUT2D eigenvalue weighted by atomic mass is 32.2. The van der Waals surface area contributed by atoms with E-state index in [4.69, 9.17) is 8.37 Å². The molecule has 2 aromatic rings. The van der Waals surface area contributed by atoms with E-state index in [0.29, 0.717) is 50.5 Å². The highest BCUT2D eigenvalue weighted by molar-refractivity contribution is 7.91. The molecule has 0 N–H and O–H groups in total. The molecule has 0 saturated heterocycles. The average Bonchev–Trinajstić information content (AvgIpc) is 3.63. The summed E-state index contributed by atoms with van der Waals surface area (Å²) in [6, 6.07) is 12.5. The topological polar surface area (TPSA) is 155 Å². The zero-order chi connectivity index (χ0) is 40.1. The van der Waals surface area contributed by atoms with Crippen LogP contribution in [0, 0.1) is 33.5 Å². The van der Waals surface area contributed by atoms with E-state index in [1.54, 1.807) is 37.3 Å². The predicted molar refractivity (Wildman–Crippen MR) is 210 cm³/mol. The molecule has 304 valence electrons. The summed E-state index contributed by atoms with van der Waals surface area (Å²) in [4.78, 5) is 25.8. The third-order valence-electron chi connectivity index (χ3n) is 14.4. The number of benzene rings is 2. The van der Waals surface area contributed by atoms with Gasteiger partial charge in [0.2, 0.25) is 9.84 Å². The van der Waals surface area contributed by atoms with Crippen molar-refractivity contribution in [2.45, 2.75) is 140 Å². The summed E-state index contributed by atoms with van der Waals surface area (Å²) in [5.41, 5.74) is -2.28. The van der Waals surface area contributed by atoms with Crippen LogP contribution in [0.15, 0.2) is 58.3 Å². The van der Waals surface area contributed by atoms with Crippen LogP contribution in [0.4, 0.5) is 0 Å². The van der Waals surface area contributed by atoms with E-state index in [0.717, 1.165) is 44.9 Å². The number of hydrogen-bond acceptors (Lipinski definition) is 10. The molecule has 0 heterocycles. The maximum atomic E-state index is 13.9. The van der Waals surface area contributed by atoms with E-state index in [1.165, 1.54) is 18.2 Å². The van der Waals surface area contributed by atoms with Crippen molar-refractivity contribution in [3.63, 3.8) is 0 Å². The summed E-state index contributed by atoms with van der Waals surface area (Å²) in [6.45, 7) is 9.70. The molecule has 4 saturated carbocycles. The number of unbranched alkanes of at least 4 members (excludes halogenated alkanes) is 5. The largest absolute Gasteiger partial charge is 0.381 e. The SMILES string of the molecule is C[C@@H](CCCCCCCCc1cccc(S(=O)(=O)c2ccccc2)c1OS(=O)(=O)C[C@]12CC[C@H](CC1=O)C2(C)C)OS(=O)(=O)C[C@]12CC[C@H](CC1=O)C2(C)C. The van der Waals surface area contributed by atoms with E-state index >= 15 is 0 Å². The lowest BCUT2D eigenvalue weighted by atomic mass is 9.70. The van der Waals surface area contributed by atoms with Gasteiger partial charge in [-0.05, 0) is 98.3 Å². The lowest BCUT2D eigenvalue weighted by molar-refractivity contribution is -0.128. The molecular weight excluding hydrogens is 761 g/mol. The lowest BCUT2D eigenvalue weighted by Crippen LogP contribution is -2.43. The molecule has 0 aromatic heterocycles. The number of ketones is 2. The van der Waals surface area contributed by atoms with E-state index < -0.39 is 58.2 Å². The number of carbonyl (C=O) groups excluding carboxylic acids is 2. The fourth-order valence-corrected chi connectivity index (χ4v) is 15.8. The Morgan fingerprint density at radius 1 is 0.673 bits per heavy atom. The number of rotatable bonds is 19. The van der Waals surface area contributed by atoms with Crippen LogP contribution in [0.2, 0.25) is 0 Å². The first-order valence-electron chi connectivity index (χ1n) is 20.0. The fourth-order valence-electron chi connectivity index (χ4n) is 10.6. The molecule has 10 nitrogen and oxygen atoms in total. The Balaban J connectivity index is 1.04. The van der Waals surface area contributed by atoms with E-state index in [9.17, 15) is 34.8 Å². The first-order valence-corrected chi connectivity index (χ1v) is 24.6. The van der Waals surface area contributed by atoms with Crippen molar-refractivity contribution >= 4 is 41.6 Å². The van der Waals surface area contributed by atoms with Crippen LogP contribution < -0.4 is 4.18 Å². The summed E-state index contributed by atoms with van der Waals surface area (Å²) >= 11 is 0. The zero-order valence-corrected chi connectivity index (χ0v) is 35.4. The minimum Gasteiger partial charge on any atom is -0.381 e. The molecule has 0 aliphatic heterocycles. The zero-order valence-electron chi connectivity index (χ0n) is 33.0. The monoisotopic (exact) mass is 818 g/mol. The molecule has 2 aromatic carbocycles. The van der Waals surface area contributed by atoms with Gasteiger partial charge in [-0.25, -0.2) is 8.42 Å². The summed E-state index contributed by atoms with van der Waals surface area (Å²) in [5, 5.41) is 0. The number of Topliss-reactive ketones (excluding diaryl/α,β-unsaturated/α-hetero) is 2. The van der Waals surface area contributed by atoms with Gasteiger partial charge in [-0.15, -0.1) is 0 Å². The lowest BCUT2D eigenvalue weighted by Gasteiger charge is -2.36. The Kier molecular flexibility index (Phi) is 11.7. The van der Waals surface area contributed by atoms with Gasteiger partial charge in [0, 0.05) is 12.8 Å².